The Morgan fingerprint density at radius 3 is 1.89 bits per heavy atom. The van der Waals surface area contributed by atoms with E-state index in [-0.39, 0.29) is 11.0 Å². The molecule has 1 aliphatic heterocycles. The molecular weight excluding hydrogens is 136 g/mol. The molecule has 0 saturated carbocycles. The lowest BCUT2D eigenvalue weighted by Crippen LogP contribution is -1.67. The van der Waals surface area contributed by atoms with Crippen molar-refractivity contribution in [2.45, 2.75) is 20.3 Å². The minimum atomic E-state index is 0. The van der Waals surface area contributed by atoms with Gasteiger partial charge in [0.25, 0.3) is 0 Å². The van der Waals surface area contributed by atoms with Gasteiger partial charge in [0.1, 0.15) is 0 Å². The Morgan fingerprint density at radius 1 is 1.22 bits per heavy atom. The van der Waals surface area contributed by atoms with Crippen LogP contribution in [0.1, 0.15) is 20.3 Å². The zero-order valence-corrected chi connectivity index (χ0v) is 6.64. The van der Waals surface area contributed by atoms with Crippen molar-refractivity contribution < 1.29 is 11.0 Å². The second-order valence-corrected chi connectivity index (χ2v) is 3.24. The van der Waals surface area contributed by atoms with Crippen LogP contribution in [-0.2, 0) is 0 Å². The van der Waals surface area contributed by atoms with Crippen molar-refractivity contribution in [3.05, 3.63) is 10.5 Å². The first kappa shape index (κ1) is 11.8. The fourth-order valence-corrected chi connectivity index (χ4v) is 1.72. The van der Waals surface area contributed by atoms with Gasteiger partial charge >= 0.3 is 0 Å². The van der Waals surface area contributed by atoms with Crippen LogP contribution in [-0.4, -0.2) is 16.7 Å². The van der Waals surface area contributed by atoms with Crippen LogP contribution >= 0.6 is 11.8 Å². The highest BCUT2D eigenvalue weighted by Gasteiger charge is 2.04. The van der Waals surface area contributed by atoms with Crippen LogP contribution in [0.25, 0.3) is 0 Å². The minimum Gasteiger partial charge on any atom is -0.412 e. The normalized spacial score (nSPS) is 16.7. The molecule has 9 heavy (non-hydrogen) atoms. The molecule has 1 rings (SSSR count). The Hall–Kier alpha value is 0.01000. The third kappa shape index (κ3) is 2.89. The molecule has 0 bridgehead atoms. The summed E-state index contributed by atoms with van der Waals surface area (Å²) in [4.78, 5) is 1.54. The highest BCUT2D eigenvalue weighted by molar-refractivity contribution is 8.03. The first-order valence-electron chi connectivity index (χ1n) is 2.60. The number of hydrogen-bond acceptors (Lipinski definition) is 1. The molecule has 4 N–H and O–H groups in total. The zero-order valence-electron chi connectivity index (χ0n) is 5.82. The summed E-state index contributed by atoms with van der Waals surface area (Å²) in [6.45, 7) is 4.42. The third-order valence-corrected chi connectivity index (χ3v) is 2.59. The van der Waals surface area contributed by atoms with Crippen molar-refractivity contribution in [3.8, 4) is 0 Å². The van der Waals surface area contributed by atoms with Crippen LogP contribution in [0, 0.1) is 0 Å². The number of allylic oxidation sites excluding steroid dienone is 2. The molecule has 56 valence electrons. The fourth-order valence-electron chi connectivity index (χ4n) is 0.656. The maximum atomic E-state index is 2.22. The smallest absolute Gasteiger partial charge is 0.00142 e. The standard InChI is InChI=1S/C6H10S.2H2O/c1-5-3-4-7-6(5)2;;/h3-4H2,1-2H3;2*1H2. The molecule has 2 nitrogen and oxygen atoms in total. The summed E-state index contributed by atoms with van der Waals surface area (Å²) in [5.74, 6) is 1.32. The predicted molar refractivity (Wildman–Crippen MR) is 42.7 cm³/mol. The average molecular weight is 150 g/mol. The first-order chi connectivity index (χ1) is 3.30. The molecule has 0 radical (unpaired) electrons. The Bertz CT molecular complexity index is 97.6. The number of thioether (sulfide) groups is 1. The van der Waals surface area contributed by atoms with E-state index in [2.05, 4.69) is 13.8 Å². The lowest BCUT2D eigenvalue weighted by Gasteiger charge is -1.86. The van der Waals surface area contributed by atoms with Crippen LogP contribution in [0.3, 0.4) is 0 Å². The van der Waals surface area contributed by atoms with Gasteiger partial charge < -0.3 is 11.0 Å². The Kier molecular flexibility index (Phi) is 6.34. The fraction of sp³-hybridized carbons (Fsp3) is 0.667. The van der Waals surface area contributed by atoms with E-state index in [0.717, 1.165) is 0 Å². The van der Waals surface area contributed by atoms with Crippen molar-refractivity contribution in [2.75, 3.05) is 5.75 Å². The molecule has 3 heteroatoms. The van der Waals surface area contributed by atoms with E-state index in [1.165, 1.54) is 12.2 Å². The predicted octanol–water partition coefficient (Wildman–Crippen LogP) is 0.768. The van der Waals surface area contributed by atoms with E-state index in [4.69, 9.17) is 0 Å². The molecule has 0 aromatic carbocycles. The second-order valence-electron chi connectivity index (χ2n) is 1.93. The van der Waals surface area contributed by atoms with Gasteiger partial charge in [0.05, 0.1) is 0 Å². The highest BCUT2D eigenvalue weighted by Crippen LogP contribution is 2.29. The van der Waals surface area contributed by atoms with Gasteiger partial charge in [0.2, 0.25) is 0 Å². The number of rotatable bonds is 0. The molecule has 0 saturated heterocycles. The molecule has 0 atom stereocenters. The monoisotopic (exact) mass is 150 g/mol. The summed E-state index contributed by atoms with van der Waals surface area (Å²) in [6.07, 6.45) is 1.32. The topological polar surface area (TPSA) is 63.0 Å². The van der Waals surface area contributed by atoms with Crippen LogP contribution in [0.2, 0.25) is 0 Å². The van der Waals surface area contributed by atoms with Crippen molar-refractivity contribution in [2.24, 2.45) is 0 Å². The quantitative estimate of drug-likeness (QED) is 0.503. The van der Waals surface area contributed by atoms with Gasteiger partial charge in [-0.15, -0.1) is 11.8 Å². The lowest BCUT2D eigenvalue weighted by atomic mass is 10.2. The molecule has 1 aliphatic rings. The SMILES string of the molecule is CC1=C(C)SCC1.O.O. The average Bonchev–Trinajstić information content (AvgIpc) is 1.91. The molecule has 0 aliphatic carbocycles. The van der Waals surface area contributed by atoms with Crippen LogP contribution in [0.5, 0.6) is 0 Å². The molecular formula is C6H14O2S. The van der Waals surface area contributed by atoms with Gasteiger partial charge in [-0.25, -0.2) is 0 Å². The maximum Gasteiger partial charge on any atom is 0.00142 e. The van der Waals surface area contributed by atoms with Crippen LogP contribution < -0.4 is 0 Å². The Morgan fingerprint density at radius 2 is 1.78 bits per heavy atom. The Labute approximate surface area is 60.0 Å². The summed E-state index contributed by atoms with van der Waals surface area (Å²) in [5, 5.41) is 0. The van der Waals surface area contributed by atoms with Gasteiger partial charge in [-0.2, -0.15) is 0 Å². The maximum absolute atomic E-state index is 2.22. The molecule has 0 aromatic heterocycles. The first-order valence-corrected chi connectivity index (χ1v) is 3.58. The minimum absolute atomic E-state index is 0. The molecule has 0 aromatic rings. The summed E-state index contributed by atoms with van der Waals surface area (Å²) in [6, 6.07) is 0. The van der Waals surface area contributed by atoms with E-state index in [9.17, 15) is 0 Å². The van der Waals surface area contributed by atoms with Gasteiger partial charge in [-0.05, 0) is 25.2 Å². The summed E-state index contributed by atoms with van der Waals surface area (Å²) in [5.41, 5.74) is 1.59. The molecule has 0 fully saturated rings. The number of hydrogen-bond donors (Lipinski definition) is 0. The second kappa shape index (κ2) is 4.85. The van der Waals surface area contributed by atoms with E-state index < -0.39 is 0 Å². The summed E-state index contributed by atoms with van der Waals surface area (Å²) >= 11 is 1.98. The van der Waals surface area contributed by atoms with E-state index >= 15 is 0 Å². The van der Waals surface area contributed by atoms with Crippen molar-refractivity contribution in [1.29, 1.82) is 0 Å². The van der Waals surface area contributed by atoms with Crippen LogP contribution in [0.4, 0.5) is 0 Å². The van der Waals surface area contributed by atoms with Gasteiger partial charge in [-0.3, -0.25) is 0 Å². The van der Waals surface area contributed by atoms with Crippen molar-refractivity contribution in [1.82, 2.24) is 0 Å². The lowest BCUT2D eigenvalue weighted by molar-refractivity contribution is 0.823. The van der Waals surface area contributed by atoms with E-state index in [1.807, 2.05) is 11.8 Å². The van der Waals surface area contributed by atoms with Crippen molar-refractivity contribution in [3.63, 3.8) is 0 Å². The molecule has 0 unspecified atom stereocenters. The van der Waals surface area contributed by atoms with Crippen LogP contribution in [0.15, 0.2) is 10.5 Å². The summed E-state index contributed by atoms with van der Waals surface area (Å²) < 4.78 is 0. The van der Waals surface area contributed by atoms with Gasteiger partial charge in [0.15, 0.2) is 0 Å². The zero-order chi connectivity index (χ0) is 5.28. The largest absolute Gasteiger partial charge is 0.412 e. The van der Waals surface area contributed by atoms with E-state index in [0.29, 0.717) is 0 Å². The molecule has 1 heterocycles. The Balaban J connectivity index is 0. The van der Waals surface area contributed by atoms with E-state index in [1.54, 1.807) is 10.5 Å². The van der Waals surface area contributed by atoms with Gasteiger partial charge in [0, 0.05) is 5.75 Å². The highest BCUT2D eigenvalue weighted by atomic mass is 32.2. The summed E-state index contributed by atoms with van der Waals surface area (Å²) in [7, 11) is 0. The van der Waals surface area contributed by atoms with Gasteiger partial charge in [-0.1, -0.05) is 5.57 Å². The third-order valence-electron chi connectivity index (χ3n) is 1.40. The molecule has 0 amide bonds. The molecule has 0 spiro atoms. The van der Waals surface area contributed by atoms with Crippen molar-refractivity contribution >= 4 is 11.8 Å².